The number of hydrogen-bond acceptors (Lipinski definition) is 14. The Morgan fingerprint density at radius 2 is 1.07 bits per heavy atom. The summed E-state index contributed by atoms with van der Waals surface area (Å²) in [4.78, 5) is 137. The number of aromatic amines is 1. The van der Waals surface area contributed by atoms with Crippen molar-refractivity contribution < 1.29 is 58.2 Å². The minimum Gasteiger partial charge on any atom is -0.508 e. The lowest BCUT2D eigenvalue weighted by atomic mass is 10.00. The predicted molar refractivity (Wildman–Crippen MR) is 282 cm³/mol. The highest BCUT2D eigenvalue weighted by molar-refractivity contribution is 7.80. The molecule has 0 saturated heterocycles. The van der Waals surface area contributed by atoms with E-state index < -0.39 is 126 Å². The number of carbonyl (C=O) groups excluding carboxylic acids is 9. The van der Waals surface area contributed by atoms with Crippen molar-refractivity contribution in [2.45, 2.75) is 114 Å². The van der Waals surface area contributed by atoms with Gasteiger partial charge in [-0.05, 0) is 66.6 Å². The first kappa shape index (κ1) is 60.5. The van der Waals surface area contributed by atoms with Crippen molar-refractivity contribution in [3.05, 3.63) is 102 Å². The fraction of sp³-hybridized carbons (Fsp3) is 0.412. The molecule has 76 heavy (non-hydrogen) atoms. The van der Waals surface area contributed by atoms with E-state index in [0.29, 0.717) is 40.4 Å². The fourth-order valence-corrected chi connectivity index (χ4v) is 8.23. The van der Waals surface area contributed by atoms with Crippen LogP contribution in [0.3, 0.4) is 0 Å². The van der Waals surface area contributed by atoms with E-state index >= 15 is 0 Å². The number of carbonyl (C=O) groups is 10. The molecule has 1 heterocycles. The lowest BCUT2D eigenvalue weighted by molar-refractivity contribution is -0.140. The van der Waals surface area contributed by atoms with E-state index in [0.717, 1.165) is 0 Å². The second kappa shape index (κ2) is 29.8. The number of benzene rings is 3. The van der Waals surface area contributed by atoms with Crippen molar-refractivity contribution in [1.29, 1.82) is 0 Å². The van der Waals surface area contributed by atoms with Crippen molar-refractivity contribution in [1.82, 2.24) is 42.2 Å². The molecule has 8 atom stereocenters. The minimum atomic E-state index is -1.71. The van der Waals surface area contributed by atoms with Crippen molar-refractivity contribution in [2.75, 3.05) is 12.3 Å². The number of carboxylic acid groups (broad SMARTS) is 1. The molecule has 4 aromatic rings. The second-order valence-corrected chi connectivity index (χ2v) is 18.8. The number of aromatic hydroxyl groups is 1. The van der Waals surface area contributed by atoms with Gasteiger partial charge in [0.25, 0.3) is 0 Å². The van der Waals surface area contributed by atoms with Gasteiger partial charge in [0.05, 0.1) is 18.9 Å². The number of rotatable bonds is 31. The van der Waals surface area contributed by atoms with Gasteiger partial charge >= 0.3 is 5.97 Å². The number of nitrogens with one attached hydrogen (secondary N) is 8. The molecule has 0 aliphatic carbocycles. The highest BCUT2D eigenvalue weighted by Crippen LogP contribution is 2.20. The van der Waals surface area contributed by atoms with Crippen LogP contribution in [0, 0.1) is 5.92 Å². The van der Waals surface area contributed by atoms with E-state index in [1.54, 1.807) is 74.6 Å². The molecule has 0 unspecified atom stereocenters. The Hall–Kier alpha value is -8.03. The van der Waals surface area contributed by atoms with Crippen LogP contribution in [0.5, 0.6) is 5.75 Å². The van der Waals surface area contributed by atoms with Gasteiger partial charge in [-0.3, -0.25) is 47.9 Å². The Kier molecular flexibility index (Phi) is 23.7. The van der Waals surface area contributed by atoms with Gasteiger partial charge in [0, 0.05) is 42.1 Å². The number of phenolic OH excluding ortho intramolecular Hbond substituents is 1. The molecule has 24 nitrogen and oxygen atoms in total. The third-order valence-electron chi connectivity index (χ3n) is 12.1. The summed E-state index contributed by atoms with van der Waals surface area (Å²) in [6.45, 7) is 3.56. The Morgan fingerprint density at radius 3 is 1.61 bits per heavy atom. The van der Waals surface area contributed by atoms with Crippen molar-refractivity contribution in [3.63, 3.8) is 0 Å². The van der Waals surface area contributed by atoms with Crippen LogP contribution < -0.4 is 60.2 Å². The predicted octanol–water partition coefficient (Wildman–Crippen LogP) is -1.83. The molecule has 0 radical (unpaired) electrons. The maximum absolute atomic E-state index is 14.8. The third-order valence-corrected chi connectivity index (χ3v) is 12.5. The van der Waals surface area contributed by atoms with Gasteiger partial charge < -0.3 is 75.3 Å². The molecule has 9 amide bonds. The summed E-state index contributed by atoms with van der Waals surface area (Å²) >= 11 is 4.25. The highest BCUT2D eigenvalue weighted by Gasteiger charge is 2.35. The first-order chi connectivity index (χ1) is 36.1. The molecule has 0 spiro atoms. The van der Waals surface area contributed by atoms with Gasteiger partial charge in [0.2, 0.25) is 53.2 Å². The fourth-order valence-electron chi connectivity index (χ4n) is 7.97. The van der Waals surface area contributed by atoms with E-state index in [-0.39, 0.29) is 43.7 Å². The first-order valence-electron chi connectivity index (χ1n) is 24.5. The van der Waals surface area contributed by atoms with Crippen LogP contribution in [-0.4, -0.2) is 135 Å². The average molecular weight is 1070 g/mol. The largest absolute Gasteiger partial charge is 0.508 e. The molecule has 3 aromatic carbocycles. The number of thiol groups is 1. The number of H-pyrrole nitrogens is 1. The number of fused-ring (bicyclic) bond motifs is 1. The molecule has 0 fully saturated rings. The standard InChI is InChI=1S/C51H68N12O12S/c1-27(2)43(44(55)68)63-51(75)40(26-76)62-48(72)37(21-29-15-17-31(64)18-16-29)59-46(70)35(14-8-9-19-52)57-49(73)38(22-30-25-56-34-13-7-6-12-32(30)34)61-47(71)36(20-28-10-4-3-5-11-28)60-50(74)39(24-41(54)65)58-45(69)33(53)23-42(66)67/h3-7,10-13,15-18,25,27,33,35-40,43,56,64,76H,8-9,14,19-24,26,52-53H2,1-2H3,(H2,54,65)(H2,55,68)(H,57,73)(H,58,69)(H,59,70)(H,60,74)(H,61,71)(H,62,72)(H,63,75)(H,66,67)/t33-,35-,36-,37-,38-,39-,40-,43-/m0/s1. The van der Waals surface area contributed by atoms with Crippen molar-refractivity contribution in [2.24, 2.45) is 28.9 Å². The van der Waals surface area contributed by atoms with E-state index in [9.17, 15) is 53.1 Å². The normalized spacial score (nSPS) is 14.3. The minimum absolute atomic E-state index is 0.0166. The zero-order valence-corrected chi connectivity index (χ0v) is 43.0. The van der Waals surface area contributed by atoms with Crippen molar-refractivity contribution in [3.8, 4) is 5.75 Å². The number of phenols is 1. The van der Waals surface area contributed by atoms with E-state index in [4.69, 9.17) is 28.0 Å². The highest BCUT2D eigenvalue weighted by atomic mass is 32.1. The summed E-state index contributed by atoms with van der Waals surface area (Å²) in [5, 5.41) is 37.9. The maximum Gasteiger partial charge on any atom is 0.305 e. The van der Waals surface area contributed by atoms with Crippen LogP contribution >= 0.6 is 12.6 Å². The number of hydrogen-bond donors (Lipinski definition) is 15. The summed E-state index contributed by atoms with van der Waals surface area (Å²) < 4.78 is 0. The summed E-state index contributed by atoms with van der Waals surface area (Å²) in [6.07, 6.45) is 0.214. The number of para-hydroxylation sites is 1. The summed E-state index contributed by atoms with van der Waals surface area (Å²) in [5.74, 6) is -10.4. The summed E-state index contributed by atoms with van der Waals surface area (Å²) in [5.41, 5.74) is 24.7. The monoisotopic (exact) mass is 1070 g/mol. The molecule has 0 saturated carbocycles. The second-order valence-electron chi connectivity index (χ2n) is 18.5. The number of nitrogens with two attached hydrogens (primary N) is 4. The number of amides is 9. The molecule has 0 aliphatic rings. The van der Waals surface area contributed by atoms with Crippen LogP contribution in [0.25, 0.3) is 10.9 Å². The molecule has 0 bridgehead atoms. The van der Waals surface area contributed by atoms with Gasteiger partial charge in [-0.25, -0.2) is 0 Å². The Bertz CT molecular complexity index is 2670. The first-order valence-corrected chi connectivity index (χ1v) is 25.1. The zero-order valence-electron chi connectivity index (χ0n) is 42.1. The van der Waals surface area contributed by atoms with Crippen LogP contribution in [0.1, 0.15) is 62.6 Å². The average Bonchev–Trinajstić information content (AvgIpc) is 3.78. The molecule has 0 aliphatic heterocycles. The van der Waals surface area contributed by atoms with Gasteiger partial charge in [-0.15, -0.1) is 0 Å². The van der Waals surface area contributed by atoms with Gasteiger partial charge in [0.1, 0.15) is 48.0 Å². The molecular formula is C51H68N12O12S. The topological polar surface area (TPSA) is 415 Å². The molecule has 4 rings (SSSR count). The summed E-state index contributed by atoms with van der Waals surface area (Å²) in [6, 6.07) is 9.81. The smallest absolute Gasteiger partial charge is 0.305 e. The number of unbranched alkanes of at least 4 members (excludes halogenated alkanes) is 1. The van der Waals surface area contributed by atoms with Crippen LogP contribution in [0.15, 0.2) is 85.1 Å². The van der Waals surface area contributed by atoms with E-state index in [2.05, 4.69) is 54.8 Å². The number of primary amides is 2. The van der Waals surface area contributed by atoms with Crippen LogP contribution in [0.2, 0.25) is 0 Å². The van der Waals surface area contributed by atoms with Crippen LogP contribution in [-0.2, 0) is 67.2 Å². The molecule has 1 aromatic heterocycles. The van der Waals surface area contributed by atoms with Gasteiger partial charge in [0.15, 0.2) is 0 Å². The number of aromatic nitrogens is 1. The van der Waals surface area contributed by atoms with E-state index in [1.807, 2.05) is 0 Å². The van der Waals surface area contributed by atoms with Crippen molar-refractivity contribution >= 4 is 82.7 Å². The van der Waals surface area contributed by atoms with Gasteiger partial charge in [-0.1, -0.05) is 74.5 Å². The number of aliphatic carboxylic acids is 1. The Labute approximate surface area is 443 Å². The molecule has 410 valence electrons. The molecular weight excluding hydrogens is 1000 g/mol. The Balaban J connectivity index is 1.70. The van der Waals surface area contributed by atoms with Gasteiger partial charge in [-0.2, -0.15) is 12.6 Å². The summed E-state index contributed by atoms with van der Waals surface area (Å²) in [7, 11) is 0. The number of carboxylic acids is 1. The zero-order chi connectivity index (χ0) is 56.1. The quantitative estimate of drug-likeness (QED) is 0.0195. The van der Waals surface area contributed by atoms with Crippen LogP contribution in [0.4, 0.5) is 0 Å². The van der Waals surface area contributed by atoms with E-state index in [1.165, 1.54) is 24.3 Å². The lowest BCUT2D eigenvalue weighted by Gasteiger charge is -2.28. The third kappa shape index (κ3) is 19.0. The Morgan fingerprint density at radius 1 is 0.579 bits per heavy atom. The maximum atomic E-state index is 14.8. The SMILES string of the molecule is CC(C)[C@H](NC(=O)[C@H](CS)NC(=O)[C@H](Cc1ccc(O)cc1)NC(=O)[C@H](CCCCN)NC(=O)[C@H](Cc1c[nH]c2ccccc12)NC(=O)[C@H](Cc1ccccc1)NC(=O)[C@H](CC(N)=O)NC(=O)[C@@H](N)CC(=O)O)C(N)=O. The molecule has 18 N–H and O–H groups in total. The molecule has 25 heteroatoms. The lowest BCUT2D eigenvalue weighted by Crippen LogP contribution is -2.61.